The molecule has 0 saturated heterocycles. The summed E-state index contributed by atoms with van der Waals surface area (Å²) < 4.78 is 14.8. The molecule has 0 fully saturated rings. The number of fused-ring (bicyclic) bond motifs is 1. The van der Waals surface area contributed by atoms with Gasteiger partial charge in [0.1, 0.15) is 11.9 Å². The molecule has 1 aromatic heterocycles. The molecular formula is C21H16FN5O3. The van der Waals surface area contributed by atoms with Crippen molar-refractivity contribution in [1.29, 1.82) is 0 Å². The first-order valence-corrected chi connectivity index (χ1v) is 9.52. The number of halogens is 1. The molecular weight excluding hydrogens is 389 g/mol. The first-order chi connectivity index (χ1) is 14.5. The second-order valence-electron chi connectivity index (χ2n) is 7.22. The Kier molecular flexibility index (Phi) is 4.16. The minimum Gasteiger partial charge on any atom is -0.328 e. The number of allylic oxidation sites excluding steroid dienone is 2. The third-order valence-corrected chi connectivity index (χ3v) is 5.40. The summed E-state index contributed by atoms with van der Waals surface area (Å²) in [7, 11) is 0. The van der Waals surface area contributed by atoms with Gasteiger partial charge in [-0.1, -0.05) is 12.1 Å². The zero-order valence-electron chi connectivity index (χ0n) is 15.7. The lowest BCUT2D eigenvalue weighted by Crippen LogP contribution is -2.31. The molecule has 150 valence electrons. The van der Waals surface area contributed by atoms with Gasteiger partial charge >= 0.3 is 0 Å². The van der Waals surface area contributed by atoms with E-state index in [1.807, 2.05) is 0 Å². The number of benzene rings is 2. The van der Waals surface area contributed by atoms with Gasteiger partial charge in [-0.2, -0.15) is 4.98 Å². The van der Waals surface area contributed by atoms with Gasteiger partial charge in [0.05, 0.1) is 10.5 Å². The molecule has 1 atom stereocenters. The van der Waals surface area contributed by atoms with Crippen molar-refractivity contribution in [2.75, 3.05) is 5.32 Å². The highest BCUT2D eigenvalue weighted by Crippen LogP contribution is 2.43. The van der Waals surface area contributed by atoms with Crippen molar-refractivity contribution in [3.8, 4) is 11.4 Å². The number of rotatable bonds is 3. The third-order valence-electron chi connectivity index (χ3n) is 5.40. The average Bonchev–Trinajstić information content (AvgIpc) is 3.16. The number of nitro groups is 1. The fourth-order valence-electron chi connectivity index (χ4n) is 4.05. The van der Waals surface area contributed by atoms with Crippen LogP contribution in [0.3, 0.4) is 0 Å². The average molecular weight is 405 g/mol. The SMILES string of the molecule is O=C1CCCC2=C1C(c1ccccc1[N+](=O)[O-])n1nc(-c3ccc(F)cc3)nc1N2. The van der Waals surface area contributed by atoms with Crippen LogP contribution < -0.4 is 5.32 Å². The van der Waals surface area contributed by atoms with Crippen molar-refractivity contribution in [2.45, 2.75) is 25.3 Å². The summed E-state index contributed by atoms with van der Waals surface area (Å²) in [6, 6.07) is 11.4. The Morgan fingerprint density at radius 1 is 1.13 bits per heavy atom. The summed E-state index contributed by atoms with van der Waals surface area (Å²) in [5, 5.41) is 19.4. The number of Topliss-reactive ketones (excluding diaryl/α,β-unsaturated/α-hetero) is 1. The van der Waals surface area contributed by atoms with Crippen molar-refractivity contribution in [2.24, 2.45) is 0 Å². The predicted molar refractivity (Wildman–Crippen MR) is 106 cm³/mol. The van der Waals surface area contributed by atoms with E-state index in [0.717, 1.165) is 5.70 Å². The van der Waals surface area contributed by atoms with Gasteiger partial charge in [-0.3, -0.25) is 14.9 Å². The van der Waals surface area contributed by atoms with Crippen LogP contribution in [0.2, 0.25) is 0 Å². The van der Waals surface area contributed by atoms with Crippen molar-refractivity contribution in [3.63, 3.8) is 0 Å². The lowest BCUT2D eigenvalue weighted by Gasteiger charge is -2.31. The van der Waals surface area contributed by atoms with Crippen molar-refractivity contribution in [1.82, 2.24) is 14.8 Å². The van der Waals surface area contributed by atoms with E-state index in [1.165, 1.54) is 22.9 Å². The van der Waals surface area contributed by atoms with E-state index < -0.39 is 11.0 Å². The number of nitrogens with zero attached hydrogens (tertiary/aromatic N) is 4. The van der Waals surface area contributed by atoms with Crippen molar-refractivity contribution < 1.29 is 14.1 Å². The van der Waals surface area contributed by atoms with E-state index in [1.54, 1.807) is 30.3 Å². The molecule has 0 spiro atoms. The van der Waals surface area contributed by atoms with Gasteiger partial charge in [0.15, 0.2) is 11.6 Å². The lowest BCUT2D eigenvalue weighted by molar-refractivity contribution is -0.385. The van der Waals surface area contributed by atoms with E-state index >= 15 is 0 Å². The van der Waals surface area contributed by atoms with Gasteiger partial charge in [0.2, 0.25) is 5.95 Å². The molecule has 5 rings (SSSR count). The number of carbonyl (C=O) groups excluding carboxylic acids is 1. The minimum atomic E-state index is -0.757. The van der Waals surface area contributed by atoms with Gasteiger partial charge in [-0.15, -0.1) is 5.10 Å². The summed E-state index contributed by atoms with van der Waals surface area (Å²) in [5.74, 6) is 0.303. The van der Waals surface area contributed by atoms with Crippen LogP contribution in [0.5, 0.6) is 0 Å². The Morgan fingerprint density at radius 2 is 1.90 bits per heavy atom. The number of hydrogen-bond donors (Lipinski definition) is 1. The highest BCUT2D eigenvalue weighted by Gasteiger charge is 2.39. The fourth-order valence-corrected chi connectivity index (χ4v) is 4.05. The largest absolute Gasteiger partial charge is 0.328 e. The Hall–Kier alpha value is -3.88. The molecule has 2 aromatic carbocycles. The summed E-state index contributed by atoms with van der Waals surface area (Å²) in [4.78, 5) is 28.6. The lowest BCUT2D eigenvalue weighted by atomic mass is 9.85. The maximum atomic E-state index is 13.3. The number of hydrogen-bond acceptors (Lipinski definition) is 6. The quantitative estimate of drug-likeness (QED) is 0.522. The molecule has 8 nitrogen and oxygen atoms in total. The van der Waals surface area contributed by atoms with Gasteiger partial charge in [-0.25, -0.2) is 9.07 Å². The monoisotopic (exact) mass is 405 g/mol. The van der Waals surface area contributed by atoms with E-state index in [-0.39, 0.29) is 17.3 Å². The molecule has 0 bridgehead atoms. The second kappa shape index (κ2) is 6.87. The van der Waals surface area contributed by atoms with E-state index in [4.69, 9.17) is 0 Å². The van der Waals surface area contributed by atoms with Crippen LogP contribution in [0.1, 0.15) is 30.9 Å². The van der Waals surface area contributed by atoms with E-state index in [0.29, 0.717) is 47.7 Å². The molecule has 0 amide bonds. The predicted octanol–water partition coefficient (Wildman–Crippen LogP) is 4.01. The van der Waals surface area contributed by atoms with Crippen molar-refractivity contribution in [3.05, 3.63) is 81.3 Å². The van der Waals surface area contributed by atoms with Crippen LogP contribution in [-0.4, -0.2) is 25.5 Å². The fraction of sp³-hybridized carbons (Fsp3) is 0.190. The number of anilines is 1. The number of para-hydroxylation sites is 1. The first-order valence-electron chi connectivity index (χ1n) is 9.52. The summed E-state index contributed by atoms with van der Waals surface area (Å²) in [6.07, 6.45) is 1.73. The summed E-state index contributed by atoms with van der Waals surface area (Å²) >= 11 is 0. The minimum absolute atomic E-state index is 0.0589. The molecule has 1 unspecified atom stereocenters. The highest BCUT2D eigenvalue weighted by molar-refractivity contribution is 5.99. The number of ketones is 1. The van der Waals surface area contributed by atoms with Crippen LogP contribution in [0, 0.1) is 15.9 Å². The standard InChI is InChI=1S/C21H16FN5O3/c22-13-10-8-12(9-11-13)20-24-21-23-15-5-3-7-17(28)18(15)19(26(21)25-20)14-4-1-2-6-16(14)27(29)30/h1-2,4,6,8-11,19H,3,5,7H2,(H,23,24,25). The van der Waals surface area contributed by atoms with Gasteiger partial charge in [0.25, 0.3) is 5.69 Å². The van der Waals surface area contributed by atoms with Crippen molar-refractivity contribution >= 4 is 17.4 Å². The molecule has 2 heterocycles. The molecule has 0 saturated carbocycles. The zero-order valence-corrected chi connectivity index (χ0v) is 15.7. The molecule has 30 heavy (non-hydrogen) atoms. The molecule has 2 aliphatic rings. The first kappa shape index (κ1) is 18.2. The van der Waals surface area contributed by atoms with Gasteiger partial charge < -0.3 is 5.32 Å². The van der Waals surface area contributed by atoms with Crippen LogP contribution in [0.15, 0.2) is 59.8 Å². The molecule has 1 N–H and O–H groups in total. The summed E-state index contributed by atoms with van der Waals surface area (Å²) in [5.41, 5.74) is 2.10. The second-order valence-corrected chi connectivity index (χ2v) is 7.22. The number of nitrogens with one attached hydrogen (secondary N) is 1. The molecule has 9 heteroatoms. The van der Waals surface area contributed by atoms with Crippen LogP contribution in [-0.2, 0) is 4.79 Å². The Morgan fingerprint density at radius 3 is 2.67 bits per heavy atom. The molecule has 0 radical (unpaired) electrons. The summed E-state index contributed by atoms with van der Waals surface area (Å²) in [6.45, 7) is 0. The topological polar surface area (TPSA) is 103 Å². The normalized spacial score (nSPS) is 17.9. The van der Waals surface area contributed by atoms with Crippen LogP contribution in [0.25, 0.3) is 11.4 Å². The van der Waals surface area contributed by atoms with E-state index in [9.17, 15) is 19.3 Å². The van der Waals surface area contributed by atoms with Crippen LogP contribution in [0.4, 0.5) is 16.0 Å². The molecule has 3 aromatic rings. The maximum absolute atomic E-state index is 13.3. The Bertz CT molecular complexity index is 1220. The number of nitro benzene ring substituents is 1. The molecule has 1 aliphatic heterocycles. The number of carbonyl (C=O) groups is 1. The van der Waals surface area contributed by atoms with Crippen LogP contribution >= 0.6 is 0 Å². The Labute approximate surface area is 170 Å². The van der Waals surface area contributed by atoms with E-state index in [2.05, 4.69) is 15.4 Å². The van der Waals surface area contributed by atoms with Gasteiger partial charge in [0, 0.05) is 29.3 Å². The highest BCUT2D eigenvalue weighted by atomic mass is 19.1. The number of aromatic nitrogens is 3. The molecule has 1 aliphatic carbocycles. The van der Waals surface area contributed by atoms with Gasteiger partial charge in [-0.05, 0) is 43.2 Å². The maximum Gasteiger partial charge on any atom is 0.275 e. The smallest absolute Gasteiger partial charge is 0.275 e. The Balaban J connectivity index is 1.72. The zero-order chi connectivity index (χ0) is 20.8. The third kappa shape index (κ3) is 2.86.